The van der Waals surface area contributed by atoms with E-state index in [4.69, 9.17) is 19.6 Å². The third kappa shape index (κ3) is 5.53. The van der Waals surface area contributed by atoms with Crippen LogP contribution in [0.2, 0.25) is 0 Å². The highest BCUT2D eigenvalue weighted by molar-refractivity contribution is 5.83. The van der Waals surface area contributed by atoms with Crippen molar-refractivity contribution in [1.29, 1.82) is 0 Å². The van der Waals surface area contributed by atoms with Crippen molar-refractivity contribution in [3.05, 3.63) is 126 Å². The quantitative estimate of drug-likeness (QED) is 0.212. The van der Waals surface area contributed by atoms with Crippen LogP contribution in [-0.2, 0) is 6.61 Å². The zero-order valence-electron chi connectivity index (χ0n) is 20.1. The normalized spacial score (nSPS) is 11.0. The first-order valence-electron chi connectivity index (χ1n) is 12.0. The van der Waals surface area contributed by atoms with Gasteiger partial charge >= 0.3 is 0 Å². The maximum absolute atomic E-state index is 6.04. The van der Waals surface area contributed by atoms with Crippen molar-refractivity contribution in [1.82, 2.24) is 9.78 Å². The molecule has 0 fully saturated rings. The third-order valence-electron chi connectivity index (χ3n) is 5.61. The fourth-order valence-corrected chi connectivity index (χ4v) is 3.84. The molecule has 0 aliphatic carbocycles. The lowest BCUT2D eigenvalue weighted by Crippen LogP contribution is -2.00. The monoisotopic (exact) mass is 473 g/mol. The maximum Gasteiger partial charge on any atom is 0.161 e. The van der Waals surface area contributed by atoms with Crippen LogP contribution in [0.25, 0.3) is 16.9 Å². The summed E-state index contributed by atoms with van der Waals surface area (Å²) in [6.45, 7) is 2.99. The van der Waals surface area contributed by atoms with Crippen LogP contribution in [0.3, 0.4) is 0 Å². The van der Waals surface area contributed by atoms with Gasteiger partial charge < -0.3 is 9.47 Å². The highest BCUT2D eigenvalue weighted by Gasteiger charge is 2.11. The van der Waals surface area contributed by atoms with Crippen molar-refractivity contribution < 1.29 is 9.47 Å². The van der Waals surface area contributed by atoms with E-state index < -0.39 is 0 Å². The van der Waals surface area contributed by atoms with E-state index in [1.807, 2.05) is 133 Å². The van der Waals surface area contributed by atoms with Crippen LogP contribution in [0.1, 0.15) is 18.1 Å². The van der Waals surface area contributed by atoms with Crippen LogP contribution < -0.4 is 9.47 Å². The van der Waals surface area contributed by atoms with Crippen molar-refractivity contribution >= 4 is 12.0 Å². The second kappa shape index (κ2) is 11.2. The van der Waals surface area contributed by atoms with Gasteiger partial charge in [-0.1, -0.05) is 78.9 Å². The van der Waals surface area contributed by atoms with Gasteiger partial charge in [0.1, 0.15) is 6.61 Å². The Labute approximate surface area is 211 Å². The summed E-state index contributed by atoms with van der Waals surface area (Å²) in [6, 6.07) is 38.1. The van der Waals surface area contributed by atoms with Crippen molar-refractivity contribution in [3.63, 3.8) is 0 Å². The van der Waals surface area contributed by atoms with Crippen molar-refractivity contribution in [3.8, 4) is 28.4 Å². The maximum atomic E-state index is 6.04. The number of benzene rings is 4. The number of para-hydroxylation sites is 1. The van der Waals surface area contributed by atoms with Crippen LogP contribution in [0.15, 0.2) is 120 Å². The summed E-state index contributed by atoms with van der Waals surface area (Å²) in [6.07, 6.45) is 1.83. The summed E-state index contributed by atoms with van der Waals surface area (Å²) >= 11 is 0. The van der Waals surface area contributed by atoms with Crippen LogP contribution in [0.4, 0.5) is 5.82 Å². The summed E-state index contributed by atoms with van der Waals surface area (Å²) in [4.78, 5) is 4.80. The summed E-state index contributed by atoms with van der Waals surface area (Å²) in [5.41, 5.74) is 4.88. The second-order valence-electron chi connectivity index (χ2n) is 8.17. The molecule has 0 atom stereocenters. The number of hydrogen-bond donors (Lipinski definition) is 0. The first-order valence-corrected chi connectivity index (χ1v) is 12.0. The van der Waals surface area contributed by atoms with Crippen LogP contribution in [0, 0.1) is 0 Å². The Morgan fingerprint density at radius 2 is 1.44 bits per heavy atom. The van der Waals surface area contributed by atoms with Gasteiger partial charge in [0.05, 0.1) is 18.0 Å². The highest BCUT2D eigenvalue weighted by atomic mass is 16.5. The molecule has 1 aromatic heterocycles. The molecule has 178 valence electrons. The first kappa shape index (κ1) is 23.1. The second-order valence-corrected chi connectivity index (χ2v) is 8.17. The van der Waals surface area contributed by atoms with Gasteiger partial charge in [0, 0.05) is 17.8 Å². The first-order chi connectivity index (χ1) is 17.8. The topological polar surface area (TPSA) is 48.6 Å². The molecule has 1 heterocycles. The number of rotatable bonds is 9. The number of hydrogen-bond acceptors (Lipinski definition) is 4. The number of ether oxygens (including phenoxy) is 2. The molecule has 0 aliphatic rings. The number of aliphatic imine (C=N–C) groups is 1. The average molecular weight is 474 g/mol. The Morgan fingerprint density at radius 3 is 2.17 bits per heavy atom. The molecule has 0 bridgehead atoms. The Morgan fingerprint density at radius 1 is 0.750 bits per heavy atom. The minimum Gasteiger partial charge on any atom is -0.490 e. The molecule has 0 radical (unpaired) electrons. The van der Waals surface area contributed by atoms with Crippen molar-refractivity contribution in [2.75, 3.05) is 6.61 Å². The molecule has 5 heteroatoms. The summed E-state index contributed by atoms with van der Waals surface area (Å²) in [5.74, 6) is 2.14. The third-order valence-corrected chi connectivity index (χ3v) is 5.61. The summed E-state index contributed by atoms with van der Waals surface area (Å²) in [7, 11) is 0. The number of aromatic nitrogens is 2. The molecule has 0 spiro atoms. The Kier molecular flexibility index (Phi) is 7.19. The molecular formula is C31H27N3O2. The predicted octanol–water partition coefficient (Wildman–Crippen LogP) is 7.27. The fourth-order valence-electron chi connectivity index (χ4n) is 3.84. The molecule has 0 N–H and O–H groups in total. The SMILES string of the molecule is CCOc1cc(/C=N/c2cc(-c3ccccc3)nn2-c2ccccc2)ccc1OCc1ccccc1. The molecule has 36 heavy (non-hydrogen) atoms. The lowest BCUT2D eigenvalue weighted by molar-refractivity contribution is 0.269. The molecule has 0 aliphatic heterocycles. The zero-order valence-corrected chi connectivity index (χ0v) is 20.1. The van der Waals surface area contributed by atoms with Crippen LogP contribution in [0.5, 0.6) is 11.5 Å². The summed E-state index contributed by atoms with van der Waals surface area (Å²) < 4.78 is 13.8. The molecule has 0 unspecified atom stereocenters. The van der Waals surface area contributed by atoms with Gasteiger partial charge in [-0.15, -0.1) is 0 Å². The Hall–Kier alpha value is -4.64. The predicted molar refractivity (Wildman–Crippen MR) is 145 cm³/mol. The molecule has 0 amide bonds. The van der Waals surface area contributed by atoms with E-state index >= 15 is 0 Å². The van der Waals surface area contributed by atoms with Crippen molar-refractivity contribution in [2.24, 2.45) is 4.99 Å². The van der Waals surface area contributed by atoms with Gasteiger partial charge in [0.25, 0.3) is 0 Å². The van der Waals surface area contributed by atoms with Crippen LogP contribution >= 0.6 is 0 Å². The average Bonchev–Trinajstić information content (AvgIpc) is 3.37. The Balaban J connectivity index is 1.43. The molecule has 5 aromatic rings. The minimum absolute atomic E-state index is 0.479. The zero-order chi connectivity index (χ0) is 24.6. The van der Waals surface area contributed by atoms with E-state index in [0.29, 0.717) is 24.7 Å². The molecule has 4 aromatic carbocycles. The molecule has 0 saturated heterocycles. The molecule has 0 saturated carbocycles. The smallest absolute Gasteiger partial charge is 0.161 e. The lowest BCUT2D eigenvalue weighted by atomic mass is 10.1. The fraction of sp³-hybridized carbons (Fsp3) is 0.0968. The highest BCUT2D eigenvalue weighted by Crippen LogP contribution is 2.30. The Bertz CT molecular complexity index is 1430. The molecule has 5 nitrogen and oxygen atoms in total. The van der Waals surface area contributed by atoms with E-state index in [-0.39, 0.29) is 0 Å². The molecule has 5 rings (SSSR count). The van der Waals surface area contributed by atoms with Gasteiger partial charge in [0.15, 0.2) is 17.3 Å². The lowest BCUT2D eigenvalue weighted by Gasteiger charge is -2.12. The van der Waals surface area contributed by atoms with E-state index in [2.05, 4.69) is 0 Å². The van der Waals surface area contributed by atoms with Crippen LogP contribution in [-0.4, -0.2) is 22.6 Å². The largest absolute Gasteiger partial charge is 0.490 e. The van der Waals surface area contributed by atoms with Gasteiger partial charge in [0.2, 0.25) is 0 Å². The van der Waals surface area contributed by atoms with Gasteiger partial charge in [-0.3, -0.25) is 0 Å². The number of nitrogens with zero attached hydrogens (tertiary/aromatic N) is 3. The van der Waals surface area contributed by atoms with Gasteiger partial charge in [-0.2, -0.15) is 5.10 Å². The standard InChI is InChI=1S/C31H27N3O2/c1-2-35-30-20-25(18-19-29(30)36-23-24-12-6-3-7-13-24)22-32-31-21-28(26-14-8-4-9-15-26)33-34(31)27-16-10-5-11-17-27/h3-22H,2,23H2,1H3/b32-22+. The van der Waals surface area contributed by atoms with Gasteiger partial charge in [-0.05, 0) is 48.4 Å². The summed E-state index contributed by atoms with van der Waals surface area (Å²) in [5, 5.41) is 4.84. The van der Waals surface area contributed by atoms with E-state index in [9.17, 15) is 0 Å². The molecular weight excluding hydrogens is 446 g/mol. The van der Waals surface area contributed by atoms with E-state index in [1.54, 1.807) is 0 Å². The van der Waals surface area contributed by atoms with Gasteiger partial charge in [-0.25, -0.2) is 9.67 Å². The minimum atomic E-state index is 0.479. The van der Waals surface area contributed by atoms with E-state index in [1.165, 1.54) is 0 Å². The van der Waals surface area contributed by atoms with E-state index in [0.717, 1.165) is 33.9 Å². The van der Waals surface area contributed by atoms with Crippen molar-refractivity contribution in [2.45, 2.75) is 13.5 Å².